The number of rotatable bonds is 2. The number of fused-ring (bicyclic) bond motifs is 1. The molecule has 2 aromatic rings. The van der Waals surface area contributed by atoms with E-state index in [1.807, 2.05) is 31.4 Å². The largest absolute Gasteiger partial charge is 0.505 e. The van der Waals surface area contributed by atoms with Crippen LogP contribution in [0.15, 0.2) is 12.1 Å². The van der Waals surface area contributed by atoms with Gasteiger partial charge in [-0.1, -0.05) is 6.07 Å². The van der Waals surface area contributed by atoms with Gasteiger partial charge in [-0.2, -0.15) is 0 Å². The zero-order chi connectivity index (χ0) is 11.9. The molecule has 0 saturated carbocycles. The van der Waals surface area contributed by atoms with Gasteiger partial charge in [-0.25, -0.2) is 0 Å². The summed E-state index contributed by atoms with van der Waals surface area (Å²) in [5, 5.41) is 11.1. The topological polar surface area (TPSA) is 42.2 Å². The third-order valence-corrected chi connectivity index (χ3v) is 3.25. The van der Waals surface area contributed by atoms with Crippen molar-refractivity contribution in [3.63, 3.8) is 0 Å². The molecule has 0 aliphatic heterocycles. The number of aromatic hydroxyl groups is 1. The van der Waals surface area contributed by atoms with Gasteiger partial charge < -0.3 is 9.67 Å². The molecule has 0 bridgehead atoms. The number of aryl methyl sites for hydroxylation is 2. The Morgan fingerprint density at radius 3 is 2.62 bits per heavy atom. The fourth-order valence-electron chi connectivity index (χ4n) is 2.23. The third-order valence-electron chi connectivity index (χ3n) is 3.25. The van der Waals surface area contributed by atoms with Gasteiger partial charge in [0.2, 0.25) is 0 Å². The molecule has 0 spiro atoms. The van der Waals surface area contributed by atoms with Gasteiger partial charge in [0.1, 0.15) is 5.75 Å². The summed E-state index contributed by atoms with van der Waals surface area (Å²) < 4.78 is 2.03. The molecular formula is C13H15NO2. The van der Waals surface area contributed by atoms with Crippen molar-refractivity contribution in [2.24, 2.45) is 0 Å². The first-order valence-electron chi connectivity index (χ1n) is 5.38. The predicted molar refractivity (Wildman–Crippen MR) is 64.1 cm³/mol. The van der Waals surface area contributed by atoms with Crippen LogP contribution in [0.3, 0.4) is 0 Å². The van der Waals surface area contributed by atoms with E-state index in [0.29, 0.717) is 11.8 Å². The molecule has 0 amide bonds. The Bertz CT molecular complexity index is 567. The van der Waals surface area contributed by atoms with Crippen LogP contribution in [-0.4, -0.2) is 16.0 Å². The summed E-state index contributed by atoms with van der Waals surface area (Å²) in [6.45, 7) is 6.87. The summed E-state index contributed by atoms with van der Waals surface area (Å²) in [5.74, 6) is 0.0885. The van der Waals surface area contributed by atoms with Gasteiger partial charge in [0.15, 0.2) is 6.29 Å². The summed E-state index contributed by atoms with van der Waals surface area (Å²) in [7, 11) is 0. The highest BCUT2D eigenvalue weighted by Gasteiger charge is 2.15. The lowest BCUT2D eigenvalue weighted by atomic mass is 10.1. The number of phenolic OH excluding ortho intramolecular Hbond substituents is 1. The van der Waals surface area contributed by atoms with Crippen molar-refractivity contribution in [1.82, 2.24) is 4.57 Å². The molecule has 84 valence electrons. The Hall–Kier alpha value is -1.77. The second kappa shape index (κ2) is 3.67. The van der Waals surface area contributed by atoms with Crippen LogP contribution >= 0.6 is 0 Å². The number of nitrogens with zero attached hydrogens (tertiary/aromatic N) is 1. The van der Waals surface area contributed by atoms with Gasteiger partial charge >= 0.3 is 0 Å². The molecule has 1 N–H and O–H groups in total. The lowest BCUT2D eigenvalue weighted by Crippen LogP contribution is -1.97. The second-order valence-electron chi connectivity index (χ2n) is 3.97. The SMILES string of the molecule is CCn1c(C)c(C)c2ccc(C=O)c(O)c21. The minimum Gasteiger partial charge on any atom is -0.505 e. The first-order valence-corrected chi connectivity index (χ1v) is 5.38. The summed E-state index contributed by atoms with van der Waals surface area (Å²) in [6, 6.07) is 3.56. The molecule has 16 heavy (non-hydrogen) atoms. The summed E-state index contributed by atoms with van der Waals surface area (Å²) in [4.78, 5) is 10.8. The molecule has 3 nitrogen and oxygen atoms in total. The molecule has 0 saturated heterocycles. The fraction of sp³-hybridized carbons (Fsp3) is 0.308. The number of aromatic nitrogens is 1. The smallest absolute Gasteiger partial charge is 0.153 e. The standard InChI is InChI=1S/C13H15NO2/c1-4-14-9(3)8(2)11-6-5-10(7-15)13(16)12(11)14/h5-7,16H,4H2,1-3H3. The molecule has 0 atom stereocenters. The molecule has 3 heteroatoms. The van der Waals surface area contributed by atoms with Crippen LogP contribution in [0.5, 0.6) is 5.75 Å². The fourth-order valence-corrected chi connectivity index (χ4v) is 2.23. The van der Waals surface area contributed by atoms with Crippen molar-refractivity contribution in [2.45, 2.75) is 27.3 Å². The first kappa shape index (κ1) is 10.7. The van der Waals surface area contributed by atoms with Crippen molar-refractivity contribution >= 4 is 17.2 Å². The molecule has 0 unspecified atom stereocenters. The van der Waals surface area contributed by atoms with Crippen LogP contribution < -0.4 is 0 Å². The van der Waals surface area contributed by atoms with Crippen molar-refractivity contribution < 1.29 is 9.90 Å². The molecule has 0 fully saturated rings. The van der Waals surface area contributed by atoms with Crippen LogP contribution in [-0.2, 0) is 6.54 Å². The van der Waals surface area contributed by atoms with Crippen molar-refractivity contribution in [3.8, 4) is 5.75 Å². The normalized spacial score (nSPS) is 10.9. The van der Waals surface area contributed by atoms with Crippen LogP contribution in [0.2, 0.25) is 0 Å². The van der Waals surface area contributed by atoms with Crippen LogP contribution in [0.25, 0.3) is 10.9 Å². The molecule has 0 aliphatic rings. The van der Waals surface area contributed by atoms with E-state index in [1.165, 1.54) is 0 Å². The summed E-state index contributed by atoms with van der Waals surface area (Å²) in [6.07, 6.45) is 0.687. The molecule has 1 aromatic heterocycles. The average Bonchev–Trinajstić information content (AvgIpc) is 2.54. The Labute approximate surface area is 94.3 Å². The van der Waals surface area contributed by atoms with Gasteiger partial charge in [-0.15, -0.1) is 0 Å². The van der Waals surface area contributed by atoms with Crippen LogP contribution in [0, 0.1) is 13.8 Å². The third kappa shape index (κ3) is 1.24. The van der Waals surface area contributed by atoms with E-state index >= 15 is 0 Å². The van der Waals surface area contributed by atoms with E-state index in [4.69, 9.17) is 0 Å². The Morgan fingerprint density at radius 2 is 2.06 bits per heavy atom. The Kier molecular flexibility index (Phi) is 2.46. The van der Waals surface area contributed by atoms with Gasteiger partial charge in [-0.05, 0) is 32.4 Å². The highest BCUT2D eigenvalue weighted by Crippen LogP contribution is 2.33. The number of aldehydes is 1. The zero-order valence-corrected chi connectivity index (χ0v) is 9.74. The molecular weight excluding hydrogens is 202 g/mol. The molecule has 1 heterocycles. The predicted octanol–water partition coefficient (Wildman–Crippen LogP) is 2.80. The van der Waals surface area contributed by atoms with Crippen LogP contribution in [0.1, 0.15) is 28.5 Å². The maximum Gasteiger partial charge on any atom is 0.153 e. The maximum absolute atomic E-state index is 10.8. The lowest BCUT2D eigenvalue weighted by molar-refractivity contribution is 0.112. The highest BCUT2D eigenvalue weighted by molar-refractivity contribution is 5.96. The van der Waals surface area contributed by atoms with E-state index in [2.05, 4.69) is 0 Å². The zero-order valence-electron chi connectivity index (χ0n) is 9.74. The van der Waals surface area contributed by atoms with E-state index in [9.17, 15) is 9.90 Å². The lowest BCUT2D eigenvalue weighted by Gasteiger charge is -2.06. The number of hydrogen-bond donors (Lipinski definition) is 1. The van der Waals surface area contributed by atoms with Gasteiger partial charge in [0.05, 0.1) is 11.1 Å². The second-order valence-corrected chi connectivity index (χ2v) is 3.97. The molecule has 2 rings (SSSR count). The number of carbonyl (C=O) groups excluding carboxylic acids is 1. The maximum atomic E-state index is 10.8. The average molecular weight is 217 g/mol. The number of hydrogen-bond acceptors (Lipinski definition) is 2. The van der Waals surface area contributed by atoms with E-state index < -0.39 is 0 Å². The van der Waals surface area contributed by atoms with E-state index in [1.54, 1.807) is 6.07 Å². The minimum absolute atomic E-state index is 0.0885. The van der Waals surface area contributed by atoms with Gasteiger partial charge in [0.25, 0.3) is 0 Å². The van der Waals surface area contributed by atoms with E-state index in [-0.39, 0.29) is 5.75 Å². The Morgan fingerprint density at radius 1 is 1.38 bits per heavy atom. The van der Waals surface area contributed by atoms with Gasteiger partial charge in [0, 0.05) is 17.6 Å². The monoisotopic (exact) mass is 217 g/mol. The molecule has 0 aliphatic carbocycles. The van der Waals surface area contributed by atoms with Crippen molar-refractivity contribution in [2.75, 3.05) is 0 Å². The van der Waals surface area contributed by atoms with Crippen LogP contribution in [0.4, 0.5) is 0 Å². The van der Waals surface area contributed by atoms with E-state index in [0.717, 1.165) is 28.7 Å². The number of phenols is 1. The summed E-state index contributed by atoms with van der Waals surface area (Å²) in [5.41, 5.74) is 3.40. The van der Waals surface area contributed by atoms with Crippen molar-refractivity contribution in [1.29, 1.82) is 0 Å². The van der Waals surface area contributed by atoms with Gasteiger partial charge in [-0.3, -0.25) is 4.79 Å². The minimum atomic E-state index is 0.0885. The molecule has 1 aromatic carbocycles. The summed E-state index contributed by atoms with van der Waals surface area (Å²) >= 11 is 0. The Balaban J connectivity index is 2.96. The number of carbonyl (C=O) groups is 1. The quantitative estimate of drug-likeness (QED) is 0.786. The highest BCUT2D eigenvalue weighted by atomic mass is 16.3. The first-order chi connectivity index (χ1) is 7.61. The number of benzene rings is 1. The molecule has 0 radical (unpaired) electrons. The van der Waals surface area contributed by atoms with Crippen molar-refractivity contribution in [3.05, 3.63) is 29.0 Å².